The molecule has 23 heavy (non-hydrogen) atoms. The third kappa shape index (κ3) is 4.19. The molecule has 2 aromatic rings. The second-order valence-corrected chi connectivity index (χ2v) is 7.32. The molecule has 2 rings (SSSR count). The molecule has 122 valence electrons. The Bertz CT molecular complexity index is 713. The molecule has 0 atom stereocenters. The Balaban J connectivity index is 2.19. The Morgan fingerprint density at radius 2 is 1.78 bits per heavy atom. The average molecular weight is 310 g/mol. The number of nitrogens with zero attached hydrogens (tertiary/aromatic N) is 2. The van der Waals surface area contributed by atoms with E-state index in [0.29, 0.717) is 11.5 Å². The molecule has 0 bridgehead atoms. The molecule has 1 heterocycles. The van der Waals surface area contributed by atoms with Crippen LogP contribution in [0.3, 0.4) is 0 Å². The number of allylic oxidation sites excluding steroid dienone is 1. The summed E-state index contributed by atoms with van der Waals surface area (Å²) in [6.07, 6.45) is 5.44. The van der Waals surface area contributed by atoms with E-state index in [-0.39, 0.29) is 11.2 Å². The Morgan fingerprint density at radius 3 is 2.30 bits per heavy atom. The Hall–Kier alpha value is -2.16. The normalized spacial score (nSPS) is 12.3. The van der Waals surface area contributed by atoms with E-state index in [1.54, 1.807) is 10.8 Å². The van der Waals surface area contributed by atoms with E-state index >= 15 is 0 Å². The molecule has 0 saturated carbocycles. The van der Waals surface area contributed by atoms with Gasteiger partial charge in [-0.1, -0.05) is 58.9 Å². The summed E-state index contributed by atoms with van der Waals surface area (Å²) in [6.45, 7) is 10.7. The van der Waals surface area contributed by atoms with E-state index in [1.165, 1.54) is 5.56 Å². The van der Waals surface area contributed by atoms with Crippen molar-refractivity contribution < 1.29 is 4.79 Å². The number of aryl methyl sites for hydroxylation is 1. The van der Waals surface area contributed by atoms with E-state index in [1.807, 2.05) is 43.6 Å². The van der Waals surface area contributed by atoms with Gasteiger partial charge in [-0.15, -0.1) is 0 Å². The Morgan fingerprint density at radius 1 is 1.17 bits per heavy atom. The predicted octanol–water partition coefficient (Wildman–Crippen LogP) is 4.74. The minimum atomic E-state index is 0.0176. The van der Waals surface area contributed by atoms with Crippen LogP contribution in [0.2, 0.25) is 0 Å². The van der Waals surface area contributed by atoms with Crippen LogP contribution in [0.25, 0.3) is 6.08 Å². The molecule has 3 nitrogen and oxygen atoms in total. The van der Waals surface area contributed by atoms with E-state index in [9.17, 15) is 4.79 Å². The first-order chi connectivity index (χ1) is 10.7. The van der Waals surface area contributed by atoms with Crippen molar-refractivity contribution in [3.63, 3.8) is 0 Å². The van der Waals surface area contributed by atoms with Crippen LogP contribution in [-0.2, 0) is 12.5 Å². The number of hydrogen-bond donors (Lipinski definition) is 0. The van der Waals surface area contributed by atoms with Crippen molar-refractivity contribution in [2.24, 2.45) is 7.05 Å². The van der Waals surface area contributed by atoms with Crippen molar-refractivity contribution in [3.8, 4) is 0 Å². The highest BCUT2D eigenvalue weighted by molar-refractivity contribution is 6.06. The van der Waals surface area contributed by atoms with Gasteiger partial charge in [0, 0.05) is 24.4 Å². The third-order valence-corrected chi connectivity index (χ3v) is 3.88. The van der Waals surface area contributed by atoms with Crippen molar-refractivity contribution in [3.05, 3.63) is 58.9 Å². The molecule has 0 radical (unpaired) electrons. The zero-order valence-electron chi connectivity index (χ0n) is 14.9. The zero-order valence-corrected chi connectivity index (χ0v) is 14.9. The van der Waals surface area contributed by atoms with E-state index in [4.69, 9.17) is 0 Å². The third-order valence-electron chi connectivity index (χ3n) is 3.88. The predicted molar refractivity (Wildman–Crippen MR) is 95.8 cm³/mol. The van der Waals surface area contributed by atoms with Crippen LogP contribution in [0.4, 0.5) is 0 Å². The lowest BCUT2D eigenvalue weighted by Gasteiger charge is -2.18. The summed E-state index contributed by atoms with van der Waals surface area (Å²) in [5.41, 5.74) is 4.05. The van der Waals surface area contributed by atoms with Gasteiger partial charge >= 0.3 is 0 Å². The fraction of sp³-hybridized carbons (Fsp3) is 0.400. The van der Waals surface area contributed by atoms with Crippen molar-refractivity contribution in [2.45, 2.75) is 46.0 Å². The lowest BCUT2D eigenvalue weighted by molar-refractivity contribution is 0.104. The zero-order chi connectivity index (χ0) is 17.2. The second kappa shape index (κ2) is 6.53. The van der Waals surface area contributed by atoms with Gasteiger partial charge in [0.25, 0.3) is 0 Å². The maximum Gasteiger partial charge on any atom is 0.185 e. The summed E-state index contributed by atoms with van der Waals surface area (Å²) in [5, 5.41) is 4.45. The van der Waals surface area contributed by atoms with E-state index < -0.39 is 0 Å². The van der Waals surface area contributed by atoms with Gasteiger partial charge in [-0.05, 0) is 29.0 Å². The number of carbonyl (C=O) groups is 1. The molecular formula is C20H26N2O. The first kappa shape index (κ1) is 17.2. The quantitative estimate of drug-likeness (QED) is 0.604. The van der Waals surface area contributed by atoms with Gasteiger partial charge in [-0.3, -0.25) is 9.48 Å². The molecule has 0 aliphatic rings. The van der Waals surface area contributed by atoms with Crippen LogP contribution >= 0.6 is 0 Å². The molecule has 0 aliphatic heterocycles. The lowest BCUT2D eigenvalue weighted by Crippen LogP contribution is -2.11. The highest BCUT2D eigenvalue weighted by Gasteiger charge is 2.14. The van der Waals surface area contributed by atoms with Crippen molar-refractivity contribution in [1.29, 1.82) is 0 Å². The van der Waals surface area contributed by atoms with Gasteiger partial charge in [-0.2, -0.15) is 5.10 Å². The minimum absolute atomic E-state index is 0.0176. The van der Waals surface area contributed by atoms with Gasteiger partial charge < -0.3 is 0 Å². The summed E-state index contributed by atoms with van der Waals surface area (Å²) >= 11 is 0. The Labute approximate surface area is 139 Å². The maximum absolute atomic E-state index is 12.4. The number of aromatic nitrogens is 2. The van der Waals surface area contributed by atoms with Gasteiger partial charge in [0.05, 0.1) is 5.69 Å². The average Bonchev–Trinajstić information content (AvgIpc) is 2.85. The monoisotopic (exact) mass is 310 g/mol. The maximum atomic E-state index is 12.4. The fourth-order valence-corrected chi connectivity index (χ4v) is 2.50. The number of rotatable bonds is 4. The molecule has 0 fully saturated rings. The van der Waals surface area contributed by atoms with Crippen molar-refractivity contribution in [1.82, 2.24) is 9.78 Å². The molecule has 0 aliphatic carbocycles. The SMILES string of the molecule is CC(C)c1nn(C)cc1/C=C/C(=O)c1ccc(C(C)(C)C)cc1. The largest absolute Gasteiger partial charge is 0.289 e. The first-order valence-corrected chi connectivity index (χ1v) is 8.05. The number of hydrogen-bond acceptors (Lipinski definition) is 2. The molecule has 0 spiro atoms. The molecule has 3 heteroatoms. The molecule has 0 amide bonds. The number of benzene rings is 1. The summed E-state index contributed by atoms with van der Waals surface area (Å²) < 4.78 is 1.79. The number of carbonyl (C=O) groups excluding carboxylic acids is 1. The van der Waals surface area contributed by atoms with Crippen LogP contribution in [0.5, 0.6) is 0 Å². The van der Waals surface area contributed by atoms with E-state index in [2.05, 4.69) is 39.7 Å². The topological polar surface area (TPSA) is 34.9 Å². The van der Waals surface area contributed by atoms with Crippen LogP contribution < -0.4 is 0 Å². The smallest absolute Gasteiger partial charge is 0.185 e. The number of ketones is 1. The van der Waals surface area contributed by atoms with Crippen LogP contribution in [0.1, 0.15) is 67.7 Å². The van der Waals surface area contributed by atoms with Gasteiger partial charge in [0.15, 0.2) is 5.78 Å². The second-order valence-electron chi connectivity index (χ2n) is 7.32. The minimum Gasteiger partial charge on any atom is -0.289 e. The van der Waals surface area contributed by atoms with E-state index in [0.717, 1.165) is 11.3 Å². The first-order valence-electron chi connectivity index (χ1n) is 8.05. The molecule has 0 saturated heterocycles. The van der Waals surface area contributed by atoms with Gasteiger partial charge in [0.2, 0.25) is 0 Å². The molecular weight excluding hydrogens is 284 g/mol. The Kier molecular flexibility index (Phi) is 4.88. The summed E-state index contributed by atoms with van der Waals surface area (Å²) in [6, 6.07) is 7.87. The lowest BCUT2D eigenvalue weighted by atomic mass is 9.86. The van der Waals surface area contributed by atoms with Crippen molar-refractivity contribution in [2.75, 3.05) is 0 Å². The fourth-order valence-electron chi connectivity index (χ4n) is 2.50. The highest BCUT2D eigenvalue weighted by atomic mass is 16.1. The molecule has 0 N–H and O–H groups in total. The molecule has 0 unspecified atom stereocenters. The molecule has 1 aromatic carbocycles. The molecule has 1 aromatic heterocycles. The van der Waals surface area contributed by atoms with Crippen LogP contribution in [0.15, 0.2) is 36.5 Å². The van der Waals surface area contributed by atoms with Gasteiger partial charge in [-0.25, -0.2) is 0 Å². The highest BCUT2D eigenvalue weighted by Crippen LogP contribution is 2.23. The standard InChI is InChI=1S/C20H26N2O/c1-14(2)19-16(13-22(6)21-19)9-12-18(23)15-7-10-17(11-8-15)20(3,4)5/h7-14H,1-6H3/b12-9+. The van der Waals surface area contributed by atoms with Crippen LogP contribution in [-0.4, -0.2) is 15.6 Å². The summed E-state index contributed by atoms with van der Waals surface area (Å²) in [4.78, 5) is 12.4. The van der Waals surface area contributed by atoms with Crippen molar-refractivity contribution >= 4 is 11.9 Å². The summed E-state index contributed by atoms with van der Waals surface area (Å²) in [5.74, 6) is 0.348. The van der Waals surface area contributed by atoms with Crippen LogP contribution in [0, 0.1) is 0 Å². The summed E-state index contributed by atoms with van der Waals surface area (Å²) in [7, 11) is 1.90. The van der Waals surface area contributed by atoms with Gasteiger partial charge in [0.1, 0.15) is 0 Å².